The number of aliphatic hydroxyl groups is 1. The summed E-state index contributed by atoms with van der Waals surface area (Å²) >= 11 is 0. The molecule has 2 rings (SSSR count). The zero-order valence-electron chi connectivity index (χ0n) is 9.91. The number of rotatable bonds is 4. The summed E-state index contributed by atoms with van der Waals surface area (Å²) in [5.74, 6) is -0.679. The van der Waals surface area contributed by atoms with Crippen molar-refractivity contribution in [3.63, 3.8) is 0 Å². The van der Waals surface area contributed by atoms with Crippen molar-refractivity contribution in [1.82, 2.24) is 0 Å². The van der Waals surface area contributed by atoms with Crippen molar-refractivity contribution in [2.45, 2.75) is 0 Å². The molecule has 0 amide bonds. The second kappa shape index (κ2) is 5.41. The first-order valence-corrected chi connectivity index (χ1v) is 5.53. The van der Waals surface area contributed by atoms with Gasteiger partial charge in [0, 0.05) is 6.07 Å². The maximum atomic E-state index is 12.1. The summed E-state index contributed by atoms with van der Waals surface area (Å²) < 4.78 is 4.79. The summed E-state index contributed by atoms with van der Waals surface area (Å²) in [5.41, 5.74) is 0.153. The molecule has 0 aliphatic rings. The maximum Gasteiger partial charge on any atom is 0.200 e. The number of benzene rings is 2. The minimum Gasteiger partial charge on any atom is -0.507 e. The highest BCUT2D eigenvalue weighted by Crippen LogP contribution is 2.28. The lowest BCUT2D eigenvalue weighted by Gasteiger charge is -2.08. The Balaban J connectivity index is 2.37. The second-order valence-electron chi connectivity index (χ2n) is 3.80. The molecule has 0 heterocycles. The van der Waals surface area contributed by atoms with Gasteiger partial charge >= 0.3 is 0 Å². The van der Waals surface area contributed by atoms with Crippen molar-refractivity contribution in [2.75, 3.05) is 6.79 Å². The van der Waals surface area contributed by atoms with Crippen LogP contribution in [0.4, 0.5) is 0 Å². The standard InChI is InChI=1S/C14H12O5/c15-8-19-9-5-6-11(13(17)7-9)14(18)10-3-1-2-4-12(10)16/h1-7,15-17H,8H2. The minimum atomic E-state index is -0.522. The highest BCUT2D eigenvalue weighted by atomic mass is 16.6. The molecule has 0 fully saturated rings. The third kappa shape index (κ3) is 2.66. The van der Waals surface area contributed by atoms with Gasteiger partial charge < -0.3 is 20.1 Å². The monoisotopic (exact) mass is 260 g/mol. The number of hydrogen-bond donors (Lipinski definition) is 3. The predicted octanol–water partition coefficient (Wildman–Crippen LogP) is 1.66. The number of para-hydroxylation sites is 1. The Morgan fingerprint density at radius 1 is 1.00 bits per heavy atom. The van der Waals surface area contributed by atoms with Crippen LogP contribution in [0.1, 0.15) is 15.9 Å². The fourth-order valence-corrected chi connectivity index (χ4v) is 1.68. The quantitative estimate of drug-likeness (QED) is 0.575. The van der Waals surface area contributed by atoms with Gasteiger partial charge in [0.05, 0.1) is 11.1 Å². The Hall–Kier alpha value is -2.53. The van der Waals surface area contributed by atoms with Crippen LogP contribution in [0.5, 0.6) is 17.2 Å². The first-order chi connectivity index (χ1) is 9.13. The number of carbonyl (C=O) groups excluding carboxylic acids is 1. The van der Waals surface area contributed by atoms with Gasteiger partial charge in [-0.15, -0.1) is 0 Å². The van der Waals surface area contributed by atoms with Crippen molar-refractivity contribution < 1.29 is 24.9 Å². The summed E-state index contributed by atoms with van der Waals surface area (Å²) in [6.07, 6.45) is 0. The molecule has 0 bridgehead atoms. The number of hydrogen-bond acceptors (Lipinski definition) is 5. The lowest BCUT2D eigenvalue weighted by molar-refractivity contribution is 0.0982. The van der Waals surface area contributed by atoms with E-state index >= 15 is 0 Å². The third-order valence-electron chi connectivity index (χ3n) is 2.59. The van der Waals surface area contributed by atoms with Gasteiger partial charge in [-0.2, -0.15) is 0 Å². The fraction of sp³-hybridized carbons (Fsp3) is 0.0714. The Morgan fingerprint density at radius 3 is 2.32 bits per heavy atom. The van der Waals surface area contributed by atoms with E-state index in [1.165, 1.54) is 30.3 Å². The molecule has 0 radical (unpaired) electrons. The van der Waals surface area contributed by atoms with E-state index in [0.717, 1.165) is 0 Å². The molecule has 0 spiro atoms. The Bertz CT molecular complexity index is 607. The zero-order valence-corrected chi connectivity index (χ0v) is 9.91. The first-order valence-electron chi connectivity index (χ1n) is 5.53. The van der Waals surface area contributed by atoms with Gasteiger partial charge in [-0.3, -0.25) is 4.79 Å². The summed E-state index contributed by atoms with van der Waals surface area (Å²) in [7, 11) is 0. The number of aromatic hydroxyl groups is 2. The van der Waals surface area contributed by atoms with Crippen LogP contribution in [0.25, 0.3) is 0 Å². The zero-order chi connectivity index (χ0) is 13.8. The van der Waals surface area contributed by atoms with Gasteiger partial charge in [0.25, 0.3) is 0 Å². The van der Waals surface area contributed by atoms with E-state index in [4.69, 9.17) is 9.84 Å². The molecule has 5 nitrogen and oxygen atoms in total. The van der Waals surface area contributed by atoms with Crippen LogP contribution < -0.4 is 4.74 Å². The van der Waals surface area contributed by atoms with Gasteiger partial charge in [-0.25, -0.2) is 0 Å². The average molecular weight is 260 g/mol. The number of ketones is 1. The topological polar surface area (TPSA) is 87.0 Å². The SMILES string of the molecule is O=C(c1ccccc1O)c1ccc(OCO)cc1O. The van der Waals surface area contributed by atoms with E-state index in [-0.39, 0.29) is 28.4 Å². The molecule has 0 aromatic heterocycles. The van der Waals surface area contributed by atoms with Crippen LogP contribution in [-0.2, 0) is 0 Å². The van der Waals surface area contributed by atoms with E-state index in [2.05, 4.69) is 0 Å². The molecule has 0 saturated carbocycles. The van der Waals surface area contributed by atoms with Crippen LogP contribution in [0, 0.1) is 0 Å². The van der Waals surface area contributed by atoms with Crippen LogP contribution >= 0.6 is 0 Å². The van der Waals surface area contributed by atoms with Gasteiger partial charge in [0.15, 0.2) is 12.6 Å². The molecule has 0 aliphatic carbocycles. The third-order valence-corrected chi connectivity index (χ3v) is 2.59. The summed E-state index contributed by atoms with van der Waals surface area (Å²) in [6.45, 7) is -0.522. The molecule has 0 unspecified atom stereocenters. The molecular formula is C14H12O5. The van der Waals surface area contributed by atoms with Gasteiger partial charge in [-0.1, -0.05) is 12.1 Å². The molecule has 0 saturated heterocycles. The van der Waals surface area contributed by atoms with Gasteiger partial charge in [0.1, 0.15) is 17.2 Å². The largest absolute Gasteiger partial charge is 0.507 e. The van der Waals surface area contributed by atoms with Crippen LogP contribution in [0.2, 0.25) is 0 Å². The predicted molar refractivity (Wildman–Crippen MR) is 67.4 cm³/mol. The lowest BCUT2D eigenvalue weighted by atomic mass is 10.0. The number of phenolic OH excluding ortho intramolecular Hbond substituents is 2. The van der Waals surface area contributed by atoms with Crippen LogP contribution in [0.15, 0.2) is 42.5 Å². The molecule has 0 aliphatic heterocycles. The Kier molecular flexibility index (Phi) is 3.68. The summed E-state index contributed by atoms with van der Waals surface area (Å²) in [6, 6.07) is 10.1. The van der Waals surface area contributed by atoms with Crippen molar-refractivity contribution in [1.29, 1.82) is 0 Å². The van der Waals surface area contributed by atoms with E-state index in [9.17, 15) is 15.0 Å². The first kappa shape index (κ1) is 12.9. The lowest BCUT2D eigenvalue weighted by Crippen LogP contribution is -2.02. The second-order valence-corrected chi connectivity index (χ2v) is 3.80. The fourth-order valence-electron chi connectivity index (χ4n) is 1.68. The Labute approximate surface area is 109 Å². The number of ether oxygens (including phenoxy) is 1. The smallest absolute Gasteiger partial charge is 0.200 e. The highest BCUT2D eigenvalue weighted by molar-refractivity contribution is 6.12. The average Bonchev–Trinajstić information content (AvgIpc) is 2.39. The van der Waals surface area contributed by atoms with Crippen molar-refractivity contribution in [3.8, 4) is 17.2 Å². The van der Waals surface area contributed by atoms with Gasteiger partial charge in [0.2, 0.25) is 0 Å². The van der Waals surface area contributed by atoms with E-state index < -0.39 is 12.6 Å². The number of carbonyl (C=O) groups is 1. The molecule has 19 heavy (non-hydrogen) atoms. The summed E-state index contributed by atoms with van der Waals surface area (Å²) in [4.78, 5) is 12.1. The molecule has 2 aromatic carbocycles. The Morgan fingerprint density at radius 2 is 1.68 bits per heavy atom. The summed E-state index contributed by atoms with van der Waals surface area (Å²) in [5, 5.41) is 28.0. The van der Waals surface area contributed by atoms with Crippen LogP contribution in [-0.4, -0.2) is 27.9 Å². The molecule has 98 valence electrons. The van der Waals surface area contributed by atoms with Crippen molar-refractivity contribution in [2.24, 2.45) is 0 Å². The van der Waals surface area contributed by atoms with Gasteiger partial charge in [-0.05, 0) is 24.3 Å². The van der Waals surface area contributed by atoms with E-state index in [1.54, 1.807) is 12.1 Å². The minimum absolute atomic E-state index is 0.0480. The van der Waals surface area contributed by atoms with Crippen molar-refractivity contribution in [3.05, 3.63) is 53.6 Å². The number of phenols is 2. The van der Waals surface area contributed by atoms with Crippen LogP contribution in [0.3, 0.4) is 0 Å². The normalized spacial score (nSPS) is 10.2. The molecule has 5 heteroatoms. The van der Waals surface area contributed by atoms with E-state index in [1.807, 2.05) is 0 Å². The highest BCUT2D eigenvalue weighted by Gasteiger charge is 2.17. The van der Waals surface area contributed by atoms with Crippen molar-refractivity contribution >= 4 is 5.78 Å². The molecule has 3 N–H and O–H groups in total. The molecule has 0 atom stereocenters. The molecular weight excluding hydrogens is 248 g/mol. The van der Waals surface area contributed by atoms with E-state index in [0.29, 0.717) is 0 Å². The maximum absolute atomic E-state index is 12.1. The molecule has 2 aromatic rings. The number of aliphatic hydroxyl groups excluding tert-OH is 1.